The van der Waals surface area contributed by atoms with Crippen LogP contribution in [0.1, 0.15) is 75.2 Å². The van der Waals surface area contributed by atoms with E-state index in [0.717, 1.165) is 0 Å². The Kier molecular flexibility index (Phi) is 12.7. The van der Waals surface area contributed by atoms with Gasteiger partial charge in [-0.05, 0) is 73.0 Å². The number of cyclic esters (lactones) is 1. The van der Waals surface area contributed by atoms with Crippen LogP contribution < -0.4 is 5.73 Å². The van der Waals surface area contributed by atoms with Gasteiger partial charge in [-0.2, -0.15) is 0 Å². The smallest absolute Gasteiger partial charge is 0.319 e. The molecule has 3 rings (SSSR count). The molecule has 3 aliphatic heterocycles. The molecule has 12 heteroatoms. The summed E-state index contributed by atoms with van der Waals surface area (Å²) >= 11 is 0. The topological polar surface area (TPSA) is 144 Å². The molecule has 3 saturated heterocycles. The number of aliphatic hydroxyl groups is 1. The van der Waals surface area contributed by atoms with Crippen molar-refractivity contribution in [2.45, 2.75) is 123 Å². The highest BCUT2D eigenvalue weighted by Gasteiger charge is 2.52. The molecule has 0 aromatic carbocycles. The van der Waals surface area contributed by atoms with Crippen LogP contribution in [0.3, 0.4) is 0 Å². The molecule has 3 heterocycles. The van der Waals surface area contributed by atoms with E-state index in [-0.39, 0.29) is 53.7 Å². The number of nitrogens with zero attached hydrogens (tertiary/aromatic N) is 3. The number of likely N-dealkylation sites (tertiary alicyclic amines) is 1. The van der Waals surface area contributed by atoms with E-state index in [1.54, 1.807) is 32.8 Å². The Balaban J connectivity index is 1.92. The number of carbonyl (C=O) groups is 3. The minimum atomic E-state index is -1.48. The summed E-state index contributed by atoms with van der Waals surface area (Å²) in [6.07, 6.45) is -1.81. The maximum Gasteiger partial charge on any atom is 0.319 e. The first-order valence-electron chi connectivity index (χ1n) is 17.2. The number of hydrogen-bond acceptors (Lipinski definition) is 11. The molecule has 1 amide bonds. The maximum absolute atomic E-state index is 14.2. The number of carbonyl (C=O) groups excluding carboxylic acids is 3. The molecule has 10 atom stereocenters. The highest BCUT2D eigenvalue weighted by atomic mass is 16.7. The normalized spacial score (nSPS) is 37.7. The van der Waals surface area contributed by atoms with Gasteiger partial charge in [0.25, 0.3) is 0 Å². The van der Waals surface area contributed by atoms with Gasteiger partial charge in [-0.3, -0.25) is 19.3 Å². The van der Waals surface area contributed by atoms with Crippen LogP contribution in [-0.4, -0.2) is 140 Å². The highest BCUT2D eigenvalue weighted by molar-refractivity contribution is 6.04. The summed E-state index contributed by atoms with van der Waals surface area (Å²) in [5, 5.41) is 11.3. The van der Waals surface area contributed by atoms with Crippen LogP contribution in [0.4, 0.5) is 0 Å². The second-order valence-electron chi connectivity index (χ2n) is 16.7. The van der Waals surface area contributed by atoms with Crippen molar-refractivity contribution >= 4 is 17.7 Å². The molecule has 3 fully saturated rings. The first kappa shape index (κ1) is 39.8. The predicted molar refractivity (Wildman–Crippen MR) is 179 cm³/mol. The lowest BCUT2D eigenvalue weighted by molar-refractivity contribution is -0.295. The molecule has 0 aliphatic carbocycles. The van der Waals surface area contributed by atoms with Crippen molar-refractivity contribution in [1.29, 1.82) is 0 Å². The minimum absolute atomic E-state index is 0.0699. The number of ether oxygens (including phenoxy) is 4. The number of rotatable bonds is 6. The van der Waals surface area contributed by atoms with Gasteiger partial charge in [0.1, 0.15) is 18.1 Å². The molecule has 1 unspecified atom stereocenters. The molecule has 0 aromatic heterocycles. The van der Waals surface area contributed by atoms with E-state index in [1.165, 1.54) is 0 Å². The first-order chi connectivity index (χ1) is 21.5. The fourth-order valence-electron chi connectivity index (χ4n) is 7.56. The fourth-order valence-corrected chi connectivity index (χ4v) is 7.56. The fraction of sp³-hybridized carbons (Fsp3) is 0.914. The van der Waals surface area contributed by atoms with Crippen molar-refractivity contribution in [3.63, 3.8) is 0 Å². The second kappa shape index (κ2) is 15.1. The number of nitrogens with two attached hydrogens (primary N) is 1. The zero-order valence-corrected chi connectivity index (χ0v) is 31.2. The number of amides is 1. The molecule has 0 radical (unpaired) electrons. The third-order valence-corrected chi connectivity index (χ3v) is 10.9. The van der Waals surface area contributed by atoms with Crippen molar-refractivity contribution in [3.8, 4) is 0 Å². The van der Waals surface area contributed by atoms with Crippen LogP contribution in [0.5, 0.6) is 0 Å². The van der Waals surface area contributed by atoms with E-state index in [9.17, 15) is 19.5 Å². The molecule has 47 heavy (non-hydrogen) atoms. The zero-order valence-electron chi connectivity index (χ0n) is 31.2. The average Bonchev–Trinajstić information content (AvgIpc) is 2.95. The maximum atomic E-state index is 14.2. The Morgan fingerprint density at radius 1 is 1.11 bits per heavy atom. The number of methoxy groups -OCH3 is 1. The van der Waals surface area contributed by atoms with Gasteiger partial charge in [0.2, 0.25) is 5.91 Å². The van der Waals surface area contributed by atoms with Gasteiger partial charge in [-0.15, -0.1) is 0 Å². The quantitative estimate of drug-likeness (QED) is 0.317. The van der Waals surface area contributed by atoms with E-state index >= 15 is 0 Å². The minimum Gasteiger partial charge on any atom is -0.463 e. The van der Waals surface area contributed by atoms with Gasteiger partial charge in [0.05, 0.1) is 23.9 Å². The number of hydrogen-bond donors (Lipinski definition) is 2. The number of esters is 1. The Labute approximate surface area is 282 Å². The van der Waals surface area contributed by atoms with Crippen LogP contribution in [0.2, 0.25) is 0 Å². The standard InChI is InChI=1S/C35H64N4O8/c1-20-15-35(9,44-13)29(47-31-26(40)24(37(10)11)14-21(2)46-31)22(3)28(41)34(7,8)32(43)45-19-25(38(12)16-20)23-17-39(18-23)30(42)27(36)33(4,5)6/h20-27,29,31,40H,14-19,36H2,1-13H3/t20-,21-,22+,24+,25+,26-,27?,29-,31+,35-/m1/s1. The summed E-state index contributed by atoms with van der Waals surface area (Å²) < 4.78 is 24.9. The Morgan fingerprint density at radius 3 is 2.23 bits per heavy atom. The zero-order chi connectivity index (χ0) is 35.8. The van der Waals surface area contributed by atoms with Crippen molar-refractivity contribution in [3.05, 3.63) is 0 Å². The van der Waals surface area contributed by atoms with Crippen LogP contribution in [-0.2, 0) is 33.3 Å². The lowest BCUT2D eigenvalue weighted by Crippen LogP contribution is -2.63. The molecular weight excluding hydrogens is 604 g/mol. The molecule has 0 saturated carbocycles. The number of Topliss-reactive ketones (excluding diaryl/α,β-unsaturated/α-hetero) is 1. The molecular formula is C35H64N4O8. The van der Waals surface area contributed by atoms with Crippen LogP contribution in [0.15, 0.2) is 0 Å². The molecule has 0 bridgehead atoms. The summed E-state index contributed by atoms with van der Waals surface area (Å²) in [4.78, 5) is 46.9. The molecule has 0 aromatic rings. The lowest BCUT2D eigenvalue weighted by Gasteiger charge is -2.48. The Bertz CT molecular complexity index is 1110. The number of ketones is 1. The summed E-state index contributed by atoms with van der Waals surface area (Å²) in [7, 11) is 7.43. The molecule has 3 aliphatic rings. The largest absolute Gasteiger partial charge is 0.463 e. The number of likely N-dealkylation sites (N-methyl/N-ethyl adjacent to an activating group) is 2. The highest BCUT2D eigenvalue weighted by Crippen LogP contribution is 2.39. The third-order valence-electron chi connectivity index (χ3n) is 10.9. The van der Waals surface area contributed by atoms with E-state index in [1.807, 2.05) is 60.7 Å². The summed E-state index contributed by atoms with van der Waals surface area (Å²) in [6, 6.07) is -0.973. The van der Waals surface area contributed by atoms with E-state index in [0.29, 0.717) is 32.5 Å². The van der Waals surface area contributed by atoms with Crippen molar-refractivity contribution < 1.29 is 38.4 Å². The van der Waals surface area contributed by atoms with Gasteiger partial charge in [-0.1, -0.05) is 34.6 Å². The molecule has 3 N–H and O–H groups in total. The van der Waals surface area contributed by atoms with Gasteiger partial charge in [-0.25, -0.2) is 0 Å². The van der Waals surface area contributed by atoms with Crippen LogP contribution in [0, 0.1) is 28.6 Å². The van der Waals surface area contributed by atoms with E-state index in [2.05, 4.69) is 11.8 Å². The van der Waals surface area contributed by atoms with E-state index < -0.39 is 47.4 Å². The molecule has 0 spiro atoms. The van der Waals surface area contributed by atoms with Gasteiger partial charge < -0.3 is 39.6 Å². The van der Waals surface area contributed by atoms with Crippen molar-refractivity contribution in [2.75, 3.05) is 54.5 Å². The Morgan fingerprint density at radius 2 is 1.70 bits per heavy atom. The predicted octanol–water partition coefficient (Wildman–Crippen LogP) is 2.15. The summed E-state index contributed by atoms with van der Waals surface area (Å²) in [6.45, 7) is 18.6. The second-order valence-corrected chi connectivity index (χ2v) is 16.7. The number of aliphatic hydroxyl groups excluding tert-OH is 1. The van der Waals surface area contributed by atoms with Crippen LogP contribution >= 0.6 is 0 Å². The molecule has 272 valence electrons. The van der Waals surface area contributed by atoms with Gasteiger partial charge in [0, 0.05) is 50.7 Å². The van der Waals surface area contributed by atoms with Crippen molar-refractivity contribution in [1.82, 2.24) is 14.7 Å². The van der Waals surface area contributed by atoms with Gasteiger partial charge >= 0.3 is 5.97 Å². The third kappa shape index (κ3) is 8.74. The van der Waals surface area contributed by atoms with E-state index in [4.69, 9.17) is 24.7 Å². The van der Waals surface area contributed by atoms with Crippen LogP contribution in [0.25, 0.3) is 0 Å². The van der Waals surface area contributed by atoms with Gasteiger partial charge in [0.15, 0.2) is 12.1 Å². The average molecular weight is 669 g/mol. The molecule has 12 nitrogen and oxygen atoms in total. The monoisotopic (exact) mass is 668 g/mol. The summed E-state index contributed by atoms with van der Waals surface area (Å²) in [5.74, 6) is -1.69. The first-order valence-corrected chi connectivity index (χ1v) is 17.2. The lowest BCUT2D eigenvalue weighted by atomic mass is 9.74. The van der Waals surface area contributed by atoms with Crippen molar-refractivity contribution in [2.24, 2.45) is 34.3 Å². The summed E-state index contributed by atoms with van der Waals surface area (Å²) in [5.41, 5.74) is 3.46. The Hall–Kier alpha value is -1.67. The SMILES string of the molecule is CO[C@]1(C)C[C@@H](C)CN(C)[C@H](C2CN(C(=O)C(N)C(C)(C)C)C2)COC(=O)C(C)(C)C(=O)[C@H](C)[C@H]1O[C@@H]1O[C@H](C)C[C@H](N(C)C)[C@H]1O.